The highest BCUT2D eigenvalue weighted by Gasteiger charge is 2.27. The maximum Gasteiger partial charge on any atom is 0.157 e. The number of piperidine rings is 1. The van der Waals surface area contributed by atoms with Crippen LogP contribution >= 0.6 is 23.5 Å². The van der Waals surface area contributed by atoms with Crippen molar-refractivity contribution in [2.75, 3.05) is 36.0 Å². The summed E-state index contributed by atoms with van der Waals surface area (Å²) in [6.45, 7) is 7.20. The summed E-state index contributed by atoms with van der Waals surface area (Å²) in [6, 6.07) is 8.55. The van der Waals surface area contributed by atoms with Gasteiger partial charge in [0.1, 0.15) is 5.82 Å². The maximum absolute atomic E-state index is 6.34. The van der Waals surface area contributed by atoms with Crippen LogP contribution in [-0.4, -0.2) is 45.9 Å². The minimum atomic E-state index is 0.281. The Bertz CT molecular complexity index is 1070. The third-order valence-electron chi connectivity index (χ3n) is 6.15. The smallest absolute Gasteiger partial charge is 0.157 e. The molecule has 1 saturated heterocycles. The first-order chi connectivity index (χ1) is 15.5. The van der Waals surface area contributed by atoms with Gasteiger partial charge in [-0.2, -0.15) is 5.10 Å². The Labute approximate surface area is 200 Å². The van der Waals surface area contributed by atoms with Crippen molar-refractivity contribution < 1.29 is 0 Å². The highest BCUT2D eigenvalue weighted by atomic mass is 35.5. The number of likely N-dealkylation sites (tertiary alicyclic amines) is 1. The average molecular weight is 473 g/mol. The van der Waals surface area contributed by atoms with Crippen LogP contribution < -0.4 is 9.62 Å². The lowest BCUT2D eigenvalue weighted by Crippen LogP contribution is -2.33. The summed E-state index contributed by atoms with van der Waals surface area (Å²) in [5.74, 6) is 1.04. The SMILES string of the molecule is CCCN(C)c1nc2cc(C3CCCCN3Cc3cc(Cl)ccc3NSC)nn2cc1C. The summed E-state index contributed by atoms with van der Waals surface area (Å²) in [7, 11) is 2.11. The molecular weight excluding hydrogens is 440 g/mol. The van der Waals surface area contributed by atoms with Gasteiger partial charge in [-0.25, -0.2) is 9.50 Å². The Kier molecular flexibility index (Phi) is 7.48. The van der Waals surface area contributed by atoms with Crippen molar-refractivity contribution in [1.82, 2.24) is 19.5 Å². The fraction of sp³-hybridized carbons (Fsp3) is 0.500. The molecule has 6 nitrogen and oxygen atoms in total. The Hall–Kier alpha value is -1.96. The van der Waals surface area contributed by atoms with Crippen LogP contribution in [0.3, 0.4) is 0 Å². The predicted octanol–water partition coefficient (Wildman–Crippen LogP) is 5.95. The first kappa shape index (κ1) is 23.2. The minimum absolute atomic E-state index is 0.281. The van der Waals surface area contributed by atoms with Gasteiger partial charge >= 0.3 is 0 Å². The lowest BCUT2D eigenvalue weighted by molar-refractivity contribution is 0.137. The van der Waals surface area contributed by atoms with E-state index in [1.165, 1.54) is 18.4 Å². The molecule has 0 saturated carbocycles. The molecule has 4 rings (SSSR count). The molecule has 3 heterocycles. The maximum atomic E-state index is 6.34. The van der Waals surface area contributed by atoms with E-state index in [0.29, 0.717) is 0 Å². The van der Waals surface area contributed by atoms with Gasteiger partial charge in [0.25, 0.3) is 0 Å². The van der Waals surface area contributed by atoms with Crippen LogP contribution in [0.15, 0.2) is 30.5 Å². The Morgan fingerprint density at radius 2 is 2.12 bits per heavy atom. The van der Waals surface area contributed by atoms with Crippen LogP contribution in [0.4, 0.5) is 11.5 Å². The summed E-state index contributed by atoms with van der Waals surface area (Å²) < 4.78 is 5.34. The van der Waals surface area contributed by atoms with Crippen LogP contribution in [0, 0.1) is 6.92 Å². The van der Waals surface area contributed by atoms with E-state index in [-0.39, 0.29) is 6.04 Å². The normalized spacial score (nSPS) is 17.1. The van der Waals surface area contributed by atoms with Crippen molar-refractivity contribution in [3.05, 3.63) is 52.3 Å². The fourth-order valence-corrected chi connectivity index (χ4v) is 5.26. The standard InChI is InChI=1S/C24H33ClN6S/c1-5-11-29(3)24-17(2)15-31-23(26-24)14-21(27-31)22-8-6-7-12-30(22)16-18-13-19(25)9-10-20(18)28-32-4/h9-10,13-15,22,28H,5-8,11-12,16H2,1-4H3. The van der Waals surface area contributed by atoms with Gasteiger partial charge in [-0.05, 0) is 56.5 Å². The van der Waals surface area contributed by atoms with Crippen molar-refractivity contribution >= 4 is 40.7 Å². The number of benzene rings is 1. The number of fused-ring (bicyclic) bond motifs is 1. The van der Waals surface area contributed by atoms with Gasteiger partial charge in [0.05, 0.1) is 11.7 Å². The largest absolute Gasteiger partial charge is 0.359 e. The predicted molar refractivity (Wildman–Crippen MR) is 137 cm³/mol. The van der Waals surface area contributed by atoms with Crippen molar-refractivity contribution in [3.63, 3.8) is 0 Å². The molecule has 1 atom stereocenters. The summed E-state index contributed by atoms with van der Waals surface area (Å²) in [5, 5.41) is 5.73. The number of nitrogens with zero attached hydrogens (tertiary/aromatic N) is 5. The molecule has 1 aliphatic rings. The van der Waals surface area contributed by atoms with E-state index in [1.54, 1.807) is 11.9 Å². The van der Waals surface area contributed by atoms with E-state index in [1.807, 2.05) is 16.8 Å². The van der Waals surface area contributed by atoms with Crippen molar-refractivity contribution in [3.8, 4) is 0 Å². The highest BCUT2D eigenvalue weighted by molar-refractivity contribution is 7.99. The van der Waals surface area contributed by atoms with Crippen LogP contribution in [0.5, 0.6) is 0 Å². The third kappa shape index (κ3) is 5.00. The molecule has 0 spiro atoms. The van der Waals surface area contributed by atoms with Crippen molar-refractivity contribution in [1.29, 1.82) is 0 Å². The van der Waals surface area contributed by atoms with E-state index < -0.39 is 0 Å². The van der Waals surface area contributed by atoms with Gasteiger partial charge in [-0.15, -0.1) is 0 Å². The number of anilines is 2. The van der Waals surface area contributed by atoms with Gasteiger partial charge in [0.2, 0.25) is 0 Å². The fourth-order valence-electron chi connectivity index (χ4n) is 4.65. The lowest BCUT2D eigenvalue weighted by atomic mass is 9.98. The van der Waals surface area contributed by atoms with E-state index in [0.717, 1.165) is 65.9 Å². The van der Waals surface area contributed by atoms with E-state index in [4.69, 9.17) is 21.7 Å². The zero-order valence-corrected chi connectivity index (χ0v) is 21.0. The van der Waals surface area contributed by atoms with E-state index in [2.05, 4.69) is 59.8 Å². The first-order valence-corrected chi connectivity index (χ1v) is 13.0. The molecule has 3 aromatic rings. The minimum Gasteiger partial charge on any atom is -0.359 e. The van der Waals surface area contributed by atoms with Gasteiger partial charge in [0, 0.05) is 54.9 Å². The van der Waals surface area contributed by atoms with Crippen LogP contribution in [-0.2, 0) is 6.54 Å². The molecule has 2 aromatic heterocycles. The molecule has 1 unspecified atom stereocenters. The second kappa shape index (κ2) is 10.3. The molecule has 1 N–H and O–H groups in total. The molecule has 1 aromatic carbocycles. The molecule has 0 amide bonds. The summed E-state index contributed by atoms with van der Waals surface area (Å²) >= 11 is 7.94. The molecule has 0 radical (unpaired) electrons. The number of nitrogens with one attached hydrogen (secondary N) is 1. The zero-order chi connectivity index (χ0) is 22.7. The van der Waals surface area contributed by atoms with Gasteiger partial charge in [0.15, 0.2) is 5.65 Å². The Balaban J connectivity index is 1.63. The second-order valence-corrected chi connectivity index (χ2v) is 9.68. The molecule has 32 heavy (non-hydrogen) atoms. The molecule has 0 aliphatic carbocycles. The Morgan fingerprint density at radius 3 is 2.91 bits per heavy atom. The van der Waals surface area contributed by atoms with Crippen LogP contribution in [0.1, 0.15) is 55.5 Å². The quantitative estimate of drug-likeness (QED) is 0.408. The number of hydrogen-bond acceptors (Lipinski definition) is 6. The third-order valence-corrected chi connectivity index (χ3v) is 6.81. The number of rotatable bonds is 8. The summed E-state index contributed by atoms with van der Waals surface area (Å²) in [4.78, 5) is 9.72. The monoisotopic (exact) mass is 472 g/mol. The number of aromatic nitrogens is 3. The molecule has 172 valence electrons. The number of hydrogen-bond donors (Lipinski definition) is 1. The van der Waals surface area contributed by atoms with Gasteiger partial charge < -0.3 is 9.62 Å². The molecule has 0 bridgehead atoms. The molecule has 8 heteroatoms. The highest BCUT2D eigenvalue weighted by Crippen LogP contribution is 2.34. The van der Waals surface area contributed by atoms with E-state index in [9.17, 15) is 0 Å². The van der Waals surface area contributed by atoms with Crippen LogP contribution in [0.25, 0.3) is 5.65 Å². The van der Waals surface area contributed by atoms with Crippen LogP contribution in [0.2, 0.25) is 5.02 Å². The van der Waals surface area contributed by atoms with Crippen molar-refractivity contribution in [2.24, 2.45) is 0 Å². The Morgan fingerprint density at radius 1 is 1.28 bits per heavy atom. The van der Waals surface area contributed by atoms with Crippen molar-refractivity contribution in [2.45, 2.75) is 52.1 Å². The van der Waals surface area contributed by atoms with E-state index >= 15 is 0 Å². The summed E-state index contributed by atoms with van der Waals surface area (Å²) in [5.41, 5.74) is 5.52. The zero-order valence-electron chi connectivity index (χ0n) is 19.4. The topological polar surface area (TPSA) is 48.7 Å². The average Bonchev–Trinajstić information content (AvgIpc) is 3.18. The number of halogens is 1. The first-order valence-electron chi connectivity index (χ1n) is 11.4. The summed E-state index contributed by atoms with van der Waals surface area (Å²) in [6.07, 6.45) is 8.78. The molecule has 1 aliphatic heterocycles. The molecule has 1 fully saturated rings. The lowest BCUT2D eigenvalue weighted by Gasteiger charge is -2.35. The van der Waals surface area contributed by atoms with Gasteiger partial charge in [-0.1, -0.05) is 36.9 Å². The second-order valence-electron chi connectivity index (χ2n) is 8.63. The molecular formula is C24H33ClN6S. The van der Waals surface area contributed by atoms with Gasteiger partial charge in [-0.3, -0.25) is 4.90 Å². The number of aryl methyl sites for hydroxylation is 1.